The quantitative estimate of drug-likeness (QED) is 0.830. The van der Waals surface area contributed by atoms with E-state index in [1.165, 1.54) is 6.20 Å². The summed E-state index contributed by atoms with van der Waals surface area (Å²) in [4.78, 5) is 9.37. The largest absolute Gasteiger partial charge is 0.354 e. The Morgan fingerprint density at radius 3 is 2.26 bits per heavy atom. The Balaban J connectivity index is 1.69. The van der Waals surface area contributed by atoms with Crippen molar-refractivity contribution in [1.29, 1.82) is 0 Å². The second kappa shape index (κ2) is 7.15. The third kappa shape index (κ3) is 3.67. The lowest BCUT2D eigenvalue weighted by atomic mass is 10.2. The maximum atomic E-state index is 12.6. The van der Waals surface area contributed by atoms with Crippen molar-refractivity contribution in [1.82, 2.24) is 14.2 Å². The zero-order valence-electron chi connectivity index (χ0n) is 13.8. The Bertz CT molecular complexity index is 603. The third-order valence-corrected chi connectivity index (χ3v) is 6.70. The van der Waals surface area contributed by atoms with Crippen LogP contribution in [0.4, 0.5) is 5.82 Å². The summed E-state index contributed by atoms with van der Waals surface area (Å²) in [7, 11) is -3.38. The van der Waals surface area contributed by atoms with E-state index in [1.807, 2.05) is 6.07 Å². The summed E-state index contributed by atoms with van der Waals surface area (Å²) in [5.41, 5.74) is 0. The minimum Gasteiger partial charge on any atom is -0.354 e. The predicted octanol–water partition coefficient (Wildman–Crippen LogP) is 1.40. The van der Waals surface area contributed by atoms with Crippen LogP contribution in [0.5, 0.6) is 0 Å². The molecule has 0 saturated carbocycles. The Hall–Kier alpha value is -1.18. The molecule has 23 heavy (non-hydrogen) atoms. The highest BCUT2D eigenvalue weighted by Crippen LogP contribution is 2.22. The summed E-state index contributed by atoms with van der Waals surface area (Å²) in [6.45, 7) is 8.46. The van der Waals surface area contributed by atoms with Crippen LogP contribution < -0.4 is 4.90 Å². The Labute approximate surface area is 139 Å². The summed E-state index contributed by atoms with van der Waals surface area (Å²) in [5, 5.41) is 0. The SMILES string of the molecule is CCN1CCN(c2ccc(S(=O)(=O)N3CCCCC3)cn2)CC1. The lowest BCUT2D eigenvalue weighted by Crippen LogP contribution is -2.46. The molecule has 6 nitrogen and oxygen atoms in total. The topological polar surface area (TPSA) is 56.8 Å². The van der Waals surface area contributed by atoms with Crippen molar-refractivity contribution in [2.24, 2.45) is 0 Å². The van der Waals surface area contributed by atoms with E-state index in [2.05, 4.69) is 21.7 Å². The van der Waals surface area contributed by atoms with Crippen molar-refractivity contribution in [2.75, 3.05) is 50.7 Å². The zero-order valence-corrected chi connectivity index (χ0v) is 14.6. The number of sulfonamides is 1. The number of anilines is 1. The number of nitrogens with zero attached hydrogens (tertiary/aromatic N) is 4. The molecule has 3 rings (SSSR count). The van der Waals surface area contributed by atoms with E-state index < -0.39 is 10.0 Å². The van der Waals surface area contributed by atoms with E-state index in [4.69, 9.17) is 0 Å². The van der Waals surface area contributed by atoms with Crippen molar-refractivity contribution < 1.29 is 8.42 Å². The van der Waals surface area contributed by atoms with Crippen molar-refractivity contribution in [3.05, 3.63) is 18.3 Å². The van der Waals surface area contributed by atoms with E-state index in [-0.39, 0.29) is 0 Å². The molecule has 128 valence electrons. The molecule has 2 saturated heterocycles. The van der Waals surface area contributed by atoms with Gasteiger partial charge in [0.25, 0.3) is 0 Å². The van der Waals surface area contributed by atoms with Crippen LogP contribution in [0.3, 0.4) is 0 Å². The second-order valence-corrected chi connectivity index (χ2v) is 8.18. The smallest absolute Gasteiger partial charge is 0.244 e. The molecule has 1 aromatic rings. The molecule has 2 aliphatic rings. The van der Waals surface area contributed by atoms with Crippen molar-refractivity contribution in [2.45, 2.75) is 31.1 Å². The van der Waals surface area contributed by atoms with Gasteiger partial charge in [0.05, 0.1) is 0 Å². The van der Waals surface area contributed by atoms with E-state index >= 15 is 0 Å². The first-order valence-electron chi connectivity index (χ1n) is 8.55. The first kappa shape index (κ1) is 16.7. The van der Waals surface area contributed by atoms with Gasteiger partial charge in [-0.2, -0.15) is 4.31 Å². The fourth-order valence-corrected chi connectivity index (χ4v) is 4.72. The molecule has 0 spiro atoms. The molecule has 0 N–H and O–H groups in total. The van der Waals surface area contributed by atoms with Gasteiger partial charge in [-0.05, 0) is 31.5 Å². The molecule has 0 radical (unpaired) electrons. The molecule has 3 heterocycles. The van der Waals surface area contributed by atoms with Crippen molar-refractivity contribution >= 4 is 15.8 Å². The minimum atomic E-state index is -3.38. The summed E-state index contributed by atoms with van der Waals surface area (Å²) >= 11 is 0. The van der Waals surface area contributed by atoms with Crippen LogP contribution in [-0.2, 0) is 10.0 Å². The van der Waals surface area contributed by atoms with Crippen molar-refractivity contribution in [3.8, 4) is 0 Å². The number of piperazine rings is 1. The first-order valence-corrected chi connectivity index (χ1v) is 9.99. The van der Waals surface area contributed by atoms with Crippen LogP contribution in [0.1, 0.15) is 26.2 Å². The fourth-order valence-electron chi connectivity index (χ4n) is 3.26. The molecule has 1 aromatic heterocycles. The summed E-state index contributed by atoms with van der Waals surface area (Å²) in [6, 6.07) is 3.55. The molecular formula is C16H26N4O2S. The van der Waals surface area contributed by atoms with Gasteiger partial charge in [0.15, 0.2) is 0 Å². The number of pyridine rings is 1. The van der Waals surface area contributed by atoms with Gasteiger partial charge < -0.3 is 9.80 Å². The van der Waals surface area contributed by atoms with Gasteiger partial charge in [0.1, 0.15) is 10.7 Å². The Kier molecular flexibility index (Phi) is 5.18. The summed E-state index contributed by atoms with van der Waals surface area (Å²) in [5.74, 6) is 0.873. The molecule has 0 atom stereocenters. The average Bonchev–Trinajstić information content (AvgIpc) is 2.63. The number of likely N-dealkylation sites (N-methyl/N-ethyl adjacent to an activating group) is 1. The van der Waals surface area contributed by atoms with Gasteiger partial charge in [-0.3, -0.25) is 0 Å². The maximum absolute atomic E-state index is 12.6. The molecule has 2 fully saturated rings. The van der Waals surface area contributed by atoms with E-state index in [0.29, 0.717) is 18.0 Å². The highest BCUT2D eigenvalue weighted by molar-refractivity contribution is 7.89. The van der Waals surface area contributed by atoms with E-state index in [9.17, 15) is 8.42 Å². The predicted molar refractivity (Wildman–Crippen MR) is 91.2 cm³/mol. The third-order valence-electron chi connectivity index (χ3n) is 4.82. The highest BCUT2D eigenvalue weighted by atomic mass is 32.2. The van der Waals surface area contributed by atoms with E-state index in [0.717, 1.165) is 57.8 Å². The summed E-state index contributed by atoms with van der Waals surface area (Å²) in [6.07, 6.45) is 4.54. The minimum absolute atomic E-state index is 0.315. The van der Waals surface area contributed by atoms with Crippen LogP contribution >= 0.6 is 0 Å². The number of piperidine rings is 1. The first-order chi connectivity index (χ1) is 11.1. The van der Waals surface area contributed by atoms with Crippen LogP contribution in [0.15, 0.2) is 23.2 Å². The highest BCUT2D eigenvalue weighted by Gasteiger charge is 2.26. The van der Waals surface area contributed by atoms with Crippen LogP contribution in [0, 0.1) is 0 Å². The lowest BCUT2D eigenvalue weighted by molar-refractivity contribution is 0.270. The zero-order chi connectivity index (χ0) is 16.3. The monoisotopic (exact) mass is 338 g/mol. The summed E-state index contributed by atoms with van der Waals surface area (Å²) < 4.78 is 26.8. The maximum Gasteiger partial charge on any atom is 0.244 e. The lowest BCUT2D eigenvalue weighted by Gasteiger charge is -2.34. The normalized spacial score (nSPS) is 21.5. The fraction of sp³-hybridized carbons (Fsp3) is 0.688. The molecule has 0 bridgehead atoms. The van der Waals surface area contributed by atoms with Crippen LogP contribution in [-0.4, -0.2) is 68.4 Å². The molecular weight excluding hydrogens is 312 g/mol. The number of hydrogen-bond acceptors (Lipinski definition) is 5. The number of aromatic nitrogens is 1. The average molecular weight is 338 g/mol. The molecule has 0 aliphatic carbocycles. The van der Waals surface area contributed by atoms with Gasteiger partial charge in [-0.25, -0.2) is 13.4 Å². The standard InChI is InChI=1S/C16H26N4O2S/c1-2-18-10-12-19(13-11-18)16-7-6-15(14-17-16)23(21,22)20-8-4-3-5-9-20/h6-7,14H,2-5,8-13H2,1H3. The molecule has 7 heteroatoms. The van der Waals surface area contributed by atoms with Crippen LogP contribution in [0.2, 0.25) is 0 Å². The number of rotatable bonds is 4. The molecule has 0 unspecified atom stereocenters. The Morgan fingerprint density at radius 1 is 1.00 bits per heavy atom. The molecule has 0 aromatic carbocycles. The van der Waals surface area contributed by atoms with E-state index in [1.54, 1.807) is 10.4 Å². The van der Waals surface area contributed by atoms with Gasteiger partial charge in [0.2, 0.25) is 10.0 Å². The van der Waals surface area contributed by atoms with Crippen LogP contribution in [0.25, 0.3) is 0 Å². The van der Waals surface area contributed by atoms with Crippen molar-refractivity contribution in [3.63, 3.8) is 0 Å². The number of hydrogen-bond donors (Lipinski definition) is 0. The van der Waals surface area contributed by atoms with Gasteiger partial charge in [-0.15, -0.1) is 0 Å². The van der Waals surface area contributed by atoms with Gasteiger partial charge in [0, 0.05) is 45.5 Å². The Morgan fingerprint density at radius 2 is 1.70 bits per heavy atom. The van der Waals surface area contributed by atoms with Gasteiger partial charge >= 0.3 is 0 Å². The van der Waals surface area contributed by atoms with Gasteiger partial charge in [-0.1, -0.05) is 13.3 Å². The molecule has 0 amide bonds. The molecule has 2 aliphatic heterocycles. The second-order valence-electron chi connectivity index (χ2n) is 6.24.